The van der Waals surface area contributed by atoms with E-state index in [2.05, 4.69) is 11.9 Å². The van der Waals surface area contributed by atoms with Gasteiger partial charge in [0, 0.05) is 18.7 Å². The first kappa shape index (κ1) is 13.2. The summed E-state index contributed by atoms with van der Waals surface area (Å²) in [5, 5.41) is 0. The van der Waals surface area contributed by atoms with Gasteiger partial charge >= 0.3 is 5.97 Å². The summed E-state index contributed by atoms with van der Waals surface area (Å²) in [6.07, 6.45) is 10.1. The van der Waals surface area contributed by atoms with Crippen LogP contribution in [-0.4, -0.2) is 37.1 Å². The second-order valence-corrected chi connectivity index (χ2v) is 4.39. The topological polar surface area (TPSA) is 29.5 Å². The van der Waals surface area contributed by atoms with E-state index in [4.69, 9.17) is 4.74 Å². The zero-order valence-electron chi connectivity index (χ0n) is 10.4. The van der Waals surface area contributed by atoms with E-state index in [9.17, 15) is 4.79 Å². The third kappa shape index (κ3) is 4.79. The number of hydrogen-bond donors (Lipinski definition) is 0. The standard InChI is InChI=1S/C13H23NO2/c1-3-16-13(15)10-7-11-14(2)12-8-5-4-6-9-12/h7,10,12H,3-6,8-9,11H2,1-2H3/b10-7+. The molecule has 1 aliphatic carbocycles. The van der Waals surface area contributed by atoms with Crippen LogP contribution in [-0.2, 0) is 9.53 Å². The Morgan fingerprint density at radius 2 is 2.06 bits per heavy atom. The maximum atomic E-state index is 11.1. The number of ether oxygens (including phenoxy) is 1. The van der Waals surface area contributed by atoms with Crippen LogP contribution >= 0.6 is 0 Å². The average Bonchev–Trinajstić information content (AvgIpc) is 2.30. The highest BCUT2D eigenvalue weighted by Gasteiger charge is 2.16. The monoisotopic (exact) mass is 225 g/mol. The highest BCUT2D eigenvalue weighted by Crippen LogP contribution is 2.21. The van der Waals surface area contributed by atoms with E-state index in [1.54, 1.807) is 0 Å². The van der Waals surface area contributed by atoms with Gasteiger partial charge in [-0.3, -0.25) is 4.90 Å². The second-order valence-electron chi connectivity index (χ2n) is 4.39. The van der Waals surface area contributed by atoms with Gasteiger partial charge in [-0.2, -0.15) is 0 Å². The van der Waals surface area contributed by atoms with Crippen molar-refractivity contribution in [2.45, 2.75) is 45.1 Å². The minimum Gasteiger partial charge on any atom is -0.463 e. The fourth-order valence-electron chi connectivity index (χ4n) is 2.18. The van der Waals surface area contributed by atoms with Crippen LogP contribution in [0.2, 0.25) is 0 Å². The van der Waals surface area contributed by atoms with Crippen molar-refractivity contribution in [3.8, 4) is 0 Å². The first-order chi connectivity index (χ1) is 7.74. The summed E-state index contributed by atoms with van der Waals surface area (Å²) in [4.78, 5) is 13.4. The second kappa shape index (κ2) is 7.44. The number of esters is 1. The summed E-state index contributed by atoms with van der Waals surface area (Å²) in [6.45, 7) is 3.10. The largest absolute Gasteiger partial charge is 0.463 e. The third-order valence-electron chi connectivity index (χ3n) is 3.13. The van der Waals surface area contributed by atoms with Crippen LogP contribution in [0.15, 0.2) is 12.2 Å². The number of nitrogens with zero attached hydrogens (tertiary/aromatic N) is 1. The van der Waals surface area contributed by atoms with Gasteiger partial charge in [0.05, 0.1) is 6.61 Å². The number of carbonyl (C=O) groups is 1. The van der Waals surface area contributed by atoms with Crippen LogP contribution in [0.25, 0.3) is 0 Å². The van der Waals surface area contributed by atoms with Gasteiger partial charge in [-0.25, -0.2) is 4.79 Å². The molecule has 0 amide bonds. The van der Waals surface area contributed by atoms with Crippen LogP contribution in [0.4, 0.5) is 0 Å². The fraction of sp³-hybridized carbons (Fsp3) is 0.769. The molecule has 0 saturated heterocycles. The molecule has 92 valence electrons. The lowest BCUT2D eigenvalue weighted by Crippen LogP contribution is -2.33. The number of rotatable bonds is 5. The predicted octanol–water partition coefficient (Wildman–Crippen LogP) is 2.37. The molecule has 3 nitrogen and oxygen atoms in total. The van der Waals surface area contributed by atoms with Crippen molar-refractivity contribution in [1.82, 2.24) is 4.90 Å². The summed E-state index contributed by atoms with van der Waals surface area (Å²) < 4.78 is 4.82. The SMILES string of the molecule is CCOC(=O)/C=C/CN(C)C1CCCCC1. The van der Waals surface area contributed by atoms with Crippen molar-refractivity contribution < 1.29 is 9.53 Å². The molecule has 0 aromatic rings. The molecule has 1 aliphatic rings. The van der Waals surface area contributed by atoms with E-state index in [1.807, 2.05) is 13.0 Å². The Hall–Kier alpha value is -0.830. The molecule has 0 unspecified atom stereocenters. The number of carbonyl (C=O) groups excluding carboxylic acids is 1. The Morgan fingerprint density at radius 1 is 1.38 bits per heavy atom. The molecule has 0 N–H and O–H groups in total. The molecule has 1 rings (SSSR count). The molecular formula is C13H23NO2. The smallest absolute Gasteiger partial charge is 0.330 e. The van der Waals surface area contributed by atoms with Crippen molar-refractivity contribution in [2.75, 3.05) is 20.2 Å². The van der Waals surface area contributed by atoms with Crippen LogP contribution in [0.1, 0.15) is 39.0 Å². The van der Waals surface area contributed by atoms with Gasteiger partial charge < -0.3 is 4.74 Å². The Kier molecular flexibility index (Phi) is 6.16. The Morgan fingerprint density at radius 3 is 2.69 bits per heavy atom. The lowest BCUT2D eigenvalue weighted by Gasteiger charge is -2.30. The summed E-state index contributed by atoms with van der Waals surface area (Å²) in [7, 11) is 2.13. The van der Waals surface area contributed by atoms with E-state index in [0.29, 0.717) is 12.6 Å². The molecule has 0 spiro atoms. The molecule has 1 fully saturated rings. The lowest BCUT2D eigenvalue weighted by atomic mass is 9.94. The fourth-order valence-corrected chi connectivity index (χ4v) is 2.18. The highest BCUT2D eigenvalue weighted by atomic mass is 16.5. The van der Waals surface area contributed by atoms with E-state index >= 15 is 0 Å². The normalized spacial score (nSPS) is 18.2. The number of likely N-dealkylation sites (N-methyl/N-ethyl adjacent to an activating group) is 1. The predicted molar refractivity (Wildman–Crippen MR) is 65.3 cm³/mol. The van der Waals surface area contributed by atoms with Gasteiger partial charge in [0.15, 0.2) is 0 Å². The van der Waals surface area contributed by atoms with Crippen LogP contribution < -0.4 is 0 Å². The first-order valence-corrected chi connectivity index (χ1v) is 6.27. The van der Waals surface area contributed by atoms with Crippen LogP contribution in [0.3, 0.4) is 0 Å². The van der Waals surface area contributed by atoms with Gasteiger partial charge in [-0.05, 0) is 26.8 Å². The summed E-state index contributed by atoms with van der Waals surface area (Å²) in [6, 6.07) is 0.695. The molecule has 0 aromatic heterocycles. The zero-order valence-corrected chi connectivity index (χ0v) is 10.4. The maximum Gasteiger partial charge on any atom is 0.330 e. The minimum atomic E-state index is -0.237. The average molecular weight is 225 g/mol. The molecule has 1 saturated carbocycles. The molecular weight excluding hydrogens is 202 g/mol. The Balaban J connectivity index is 2.22. The molecule has 16 heavy (non-hydrogen) atoms. The molecule has 0 bridgehead atoms. The summed E-state index contributed by atoms with van der Waals surface area (Å²) >= 11 is 0. The Labute approximate surface area is 98.5 Å². The zero-order chi connectivity index (χ0) is 11.8. The maximum absolute atomic E-state index is 11.1. The van der Waals surface area contributed by atoms with Gasteiger partial charge in [-0.1, -0.05) is 25.3 Å². The highest BCUT2D eigenvalue weighted by molar-refractivity contribution is 5.81. The molecule has 0 atom stereocenters. The van der Waals surface area contributed by atoms with Crippen LogP contribution in [0.5, 0.6) is 0 Å². The summed E-state index contributed by atoms with van der Waals surface area (Å²) in [5.41, 5.74) is 0. The quantitative estimate of drug-likeness (QED) is 0.531. The first-order valence-electron chi connectivity index (χ1n) is 6.27. The van der Waals surface area contributed by atoms with E-state index < -0.39 is 0 Å². The van der Waals surface area contributed by atoms with Crippen molar-refractivity contribution in [1.29, 1.82) is 0 Å². The van der Waals surface area contributed by atoms with Gasteiger partial charge in [-0.15, -0.1) is 0 Å². The van der Waals surface area contributed by atoms with E-state index in [-0.39, 0.29) is 5.97 Å². The van der Waals surface area contributed by atoms with Crippen molar-refractivity contribution >= 4 is 5.97 Å². The molecule has 0 heterocycles. The molecule has 0 aliphatic heterocycles. The lowest BCUT2D eigenvalue weighted by molar-refractivity contribution is -0.137. The van der Waals surface area contributed by atoms with E-state index in [1.165, 1.54) is 38.2 Å². The molecule has 3 heteroatoms. The molecule has 0 radical (unpaired) electrons. The van der Waals surface area contributed by atoms with Crippen molar-refractivity contribution in [3.63, 3.8) is 0 Å². The Bertz CT molecular complexity index is 232. The third-order valence-corrected chi connectivity index (χ3v) is 3.13. The summed E-state index contributed by atoms with van der Waals surface area (Å²) in [5.74, 6) is -0.237. The van der Waals surface area contributed by atoms with Gasteiger partial charge in [0.2, 0.25) is 0 Å². The van der Waals surface area contributed by atoms with Crippen molar-refractivity contribution in [3.05, 3.63) is 12.2 Å². The van der Waals surface area contributed by atoms with E-state index in [0.717, 1.165) is 6.54 Å². The molecule has 0 aromatic carbocycles. The van der Waals surface area contributed by atoms with Gasteiger partial charge in [0.25, 0.3) is 0 Å². The van der Waals surface area contributed by atoms with Crippen LogP contribution in [0, 0.1) is 0 Å². The van der Waals surface area contributed by atoms with Gasteiger partial charge in [0.1, 0.15) is 0 Å². The number of hydrogen-bond acceptors (Lipinski definition) is 3. The minimum absolute atomic E-state index is 0.237. The van der Waals surface area contributed by atoms with Crippen molar-refractivity contribution in [2.24, 2.45) is 0 Å².